The fraction of sp³-hybridized carbons (Fsp3) is 1.00. The lowest BCUT2D eigenvalue weighted by Gasteiger charge is -2.07. The quantitative estimate of drug-likeness (QED) is 0.425. The molecule has 5 nitrogen and oxygen atoms in total. The monoisotopic (exact) mass is 304 g/mol. The highest BCUT2D eigenvalue weighted by Gasteiger charge is 2.26. The first-order chi connectivity index (χ1) is 10.3. The predicted molar refractivity (Wildman–Crippen MR) is 81.4 cm³/mol. The molecule has 0 aromatic carbocycles. The summed E-state index contributed by atoms with van der Waals surface area (Å²) in [5.41, 5.74) is 0. The number of ether oxygens (including phenoxy) is 3. The van der Waals surface area contributed by atoms with E-state index in [4.69, 9.17) is 19.3 Å². The summed E-state index contributed by atoms with van der Waals surface area (Å²) in [4.78, 5) is 0. The van der Waals surface area contributed by atoms with Gasteiger partial charge in [0.15, 0.2) is 0 Å². The van der Waals surface area contributed by atoms with Crippen LogP contribution in [0.4, 0.5) is 0 Å². The van der Waals surface area contributed by atoms with Crippen molar-refractivity contribution in [3.63, 3.8) is 0 Å². The topological polar surface area (TPSA) is 74.8 Å². The molecule has 2 rings (SSSR count). The normalized spacial score (nSPS) is 24.1. The van der Waals surface area contributed by atoms with E-state index in [9.17, 15) is 5.11 Å². The second kappa shape index (κ2) is 12.4. The van der Waals surface area contributed by atoms with Crippen molar-refractivity contribution in [2.45, 2.75) is 70.2 Å². The Bertz CT molecular complexity index is 217. The molecule has 2 aliphatic rings. The molecule has 0 amide bonds. The third kappa shape index (κ3) is 13.2. The van der Waals surface area contributed by atoms with Gasteiger partial charge >= 0.3 is 0 Å². The van der Waals surface area contributed by atoms with Gasteiger partial charge in [-0.25, -0.2) is 0 Å². The van der Waals surface area contributed by atoms with E-state index < -0.39 is 0 Å². The van der Waals surface area contributed by atoms with Crippen LogP contribution >= 0.6 is 0 Å². The summed E-state index contributed by atoms with van der Waals surface area (Å²) in [5, 5.41) is 17.9. The first-order valence-electron chi connectivity index (χ1n) is 8.36. The summed E-state index contributed by atoms with van der Waals surface area (Å²) in [6, 6.07) is 0. The van der Waals surface area contributed by atoms with Gasteiger partial charge in [0.2, 0.25) is 0 Å². The standard InChI is InChI=1S/C10H22O2.C6H10O3/c1-2-7-10(12)8-5-3-4-6-9-11;1(5-3-8-5)7-2-6-4-9-6/h10-12H,2-9H2,1H3;5-6H,1-4H2. The molecule has 0 spiro atoms. The summed E-state index contributed by atoms with van der Waals surface area (Å²) in [5.74, 6) is 0. The Kier molecular flexibility index (Phi) is 11.1. The summed E-state index contributed by atoms with van der Waals surface area (Å²) in [7, 11) is 0. The van der Waals surface area contributed by atoms with Gasteiger partial charge in [-0.1, -0.05) is 32.6 Å². The molecule has 2 fully saturated rings. The minimum absolute atomic E-state index is 0.0934. The number of hydrogen-bond acceptors (Lipinski definition) is 5. The summed E-state index contributed by atoms with van der Waals surface area (Å²) in [6.07, 6.45) is 7.86. The molecule has 3 unspecified atom stereocenters. The van der Waals surface area contributed by atoms with E-state index in [2.05, 4.69) is 6.92 Å². The third-order valence-electron chi connectivity index (χ3n) is 3.48. The van der Waals surface area contributed by atoms with Gasteiger partial charge in [-0.2, -0.15) is 0 Å². The van der Waals surface area contributed by atoms with Crippen LogP contribution in [0.3, 0.4) is 0 Å². The Hall–Kier alpha value is -0.200. The number of unbranched alkanes of at least 4 members (excludes halogenated alkanes) is 3. The van der Waals surface area contributed by atoms with Crippen LogP contribution in [-0.2, 0) is 14.2 Å². The van der Waals surface area contributed by atoms with E-state index in [1.807, 2.05) is 0 Å². The number of aliphatic hydroxyl groups is 2. The van der Waals surface area contributed by atoms with E-state index in [1.165, 1.54) is 0 Å². The fourth-order valence-electron chi connectivity index (χ4n) is 1.98. The minimum atomic E-state index is -0.0934. The van der Waals surface area contributed by atoms with Gasteiger partial charge in [-0.3, -0.25) is 0 Å². The van der Waals surface area contributed by atoms with Gasteiger partial charge < -0.3 is 24.4 Å². The zero-order valence-electron chi connectivity index (χ0n) is 13.3. The van der Waals surface area contributed by atoms with Crippen molar-refractivity contribution in [3.05, 3.63) is 0 Å². The SMILES string of the molecule is C(OCC1CO1)C1CO1.CCCC(O)CCCCCCO. The van der Waals surface area contributed by atoms with Gasteiger partial charge in [0.1, 0.15) is 12.2 Å². The predicted octanol–water partition coefficient (Wildman–Crippen LogP) is 1.89. The highest BCUT2D eigenvalue weighted by atomic mass is 16.6. The molecule has 2 aliphatic heterocycles. The molecule has 2 N–H and O–H groups in total. The van der Waals surface area contributed by atoms with Crippen molar-refractivity contribution >= 4 is 0 Å². The van der Waals surface area contributed by atoms with Crippen LogP contribution in [-0.4, -0.2) is 61.6 Å². The molecule has 0 saturated carbocycles. The van der Waals surface area contributed by atoms with Gasteiger partial charge in [-0.15, -0.1) is 0 Å². The third-order valence-corrected chi connectivity index (χ3v) is 3.48. The molecule has 0 aromatic rings. The Labute approximate surface area is 128 Å². The van der Waals surface area contributed by atoms with Crippen LogP contribution in [0.15, 0.2) is 0 Å². The van der Waals surface area contributed by atoms with E-state index in [-0.39, 0.29) is 6.10 Å². The zero-order valence-corrected chi connectivity index (χ0v) is 13.3. The van der Waals surface area contributed by atoms with Crippen molar-refractivity contribution in [2.24, 2.45) is 0 Å². The maximum absolute atomic E-state index is 9.36. The molecule has 2 saturated heterocycles. The number of hydrogen-bond donors (Lipinski definition) is 2. The lowest BCUT2D eigenvalue weighted by Crippen LogP contribution is -2.06. The van der Waals surface area contributed by atoms with Crippen LogP contribution in [0.25, 0.3) is 0 Å². The van der Waals surface area contributed by atoms with Gasteiger partial charge in [0.05, 0.1) is 32.5 Å². The molecule has 5 heteroatoms. The number of epoxide rings is 2. The van der Waals surface area contributed by atoms with Crippen molar-refractivity contribution in [3.8, 4) is 0 Å². The van der Waals surface area contributed by atoms with Crippen LogP contribution in [0, 0.1) is 0 Å². The molecule has 0 bridgehead atoms. The van der Waals surface area contributed by atoms with Crippen molar-refractivity contribution in [1.82, 2.24) is 0 Å². The van der Waals surface area contributed by atoms with E-state index >= 15 is 0 Å². The zero-order chi connectivity index (χ0) is 15.3. The van der Waals surface area contributed by atoms with Crippen LogP contribution in [0.1, 0.15) is 51.9 Å². The molecule has 21 heavy (non-hydrogen) atoms. The maximum atomic E-state index is 9.36. The lowest BCUT2D eigenvalue weighted by molar-refractivity contribution is 0.102. The van der Waals surface area contributed by atoms with Crippen LogP contribution in [0.5, 0.6) is 0 Å². The second-order valence-corrected chi connectivity index (χ2v) is 5.82. The van der Waals surface area contributed by atoms with Gasteiger partial charge in [0.25, 0.3) is 0 Å². The highest BCUT2D eigenvalue weighted by Crippen LogP contribution is 2.12. The molecule has 0 aliphatic carbocycles. The fourth-order valence-corrected chi connectivity index (χ4v) is 1.98. The molecular weight excluding hydrogens is 272 g/mol. The Morgan fingerprint density at radius 3 is 2.05 bits per heavy atom. The largest absolute Gasteiger partial charge is 0.396 e. The summed E-state index contributed by atoms with van der Waals surface area (Å²) in [6.45, 7) is 5.66. The first-order valence-corrected chi connectivity index (χ1v) is 8.36. The number of rotatable bonds is 12. The molecule has 126 valence electrons. The Morgan fingerprint density at radius 1 is 1.00 bits per heavy atom. The van der Waals surface area contributed by atoms with Crippen LogP contribution in [0.2, 0.25) is 0 Å². The average molecular weight is 304 g/mol. The van der Waals surface area contributed by atoms with Gasteiger partial charge in [0, 0.05) is 6.61 Å². The molecule has 3 atom stereocenters. The minimum Gasteiger partial charge on any atom is -0.396 e. The highest BCUT2D eigenvalue weighted by molar-refractivity contribution is 4.71. The number of aliphatic hydroxyl groups excluding tert-OH is 2. The van der Waals surface area contributed by atoms with E-state index in [1.54, 1.807) is 0 Å². The first kappa shape index (κ1) is 18.8. The molecule has 2 heterocycles. The van der Waals surface area contributed by atoms with Gasteiger partial charge in [-0.05, 0) is 19.3 Å². The smallest absolute Gasteiger partial charge is 0.104 e. The Balaban J connectivity index is 0.000000216. The van der Waals surface area contributed by atoms with E-state index in [0.717, 1.165) is 71.4 Å². The second-order valence-electron chi connectivity index (χ2n) is 5.82. The van der Waals surface area contributed by atoms with Crippen LogP contribution < -0.4 is 0 Å². The lowest BCUT2D eigenvalue weighted by atomic mass is 10.1. The average Bonchev–Trinajstić information content (AvgIpc) is 3.34. The maximum Gasteiger partial charge on any atom is 0.104 e. The van der Waals surface area contributed by atoms with Crippen molar-refractivity contribution in [1.29, 1.82) is 0 Å². The van der Waals surface area contributed by atoms with Crippen molar-refractivity contribution in [2.75, 3.05) is 33.0 Å². The van der Waals surface area contributed by atoms with Crippen molar-refractivity contribution < 1.29 is 24.4 Å². The molecule has 0 radical (unpaired) electrons. The Morgan fingerprint density at radius 2 is 1.57 bits per heavy atom. The van der Waals surface area contributed by atoms with E-state index in [0.29, 0.717) is 18.8 Å². The molecular formula is C16H32O5. The summed E-state index contributed by atoms with van der Waals surface area (Å²) < 4.78 is 15.1. The molecule has 0 aromatic heterocycles. The summed E-state index contributed by atoms with van der Waals surface area (Å²) >= 11 is 0.